The van der Waals surface area contributed by atoms with Crippen molar-refractivity contribution in [1.29, 1.82) is 0 Å². The van der Waals surface area contributed by atoms with Crippen LogP contribution in [0.1, 0.15) is 17.0 Å². The van der Waals surface area contributed by atoms with Gasteiger partial charge in [0.05, 0.1) is 24.7 Å². The average Bonchev–Trinajstić information content (AvgIpc) is 3.12. The highest BCUT2D eigenvalue weighted by Gasteiger charge is 2.12. The van der Waals surface area contributed by atoms with Gasteiger partial charge in [0.2, 0.25) is 0 Å². The molecule has 0 N–H and O–H groups in total. The molecule has 154 valence electrons. The molecule has 0 unspecified atom stereocenters. The molecule has 4 rings (SSSR count). The Morgan fingerprint density at radius 1 is 0.867 bits per heavy atom. The number of para-hydroxylation sites is 2. The summed E-state index contributed by atoms with van der Waals surface area (Å²) in [6.45, 7) is 5.74. The van der Waals surface area contributed by atoms with E-state index in [4.69, 9.17) is 19.2 Å². The van der Waals surface area contributed by atoms with E-state index in [1.807, 2.05) is 42.5 Å². The molecule has 5 nitrogen and oxygen atoms in total. The van der Waals surface area contributed by atoms with Crippen molar-refractivity contribution in [1.82, 2.24) is 9.55 Å². The fourth-order valence-corrected chi connectivity index (χ4v) is 3.42. The topological polar surface area (TPSA) is 45.5 Å². The zero-order chi connectivity index (χ0) is 20.9. The molecule has 0 aliphatic heterocycles. The Balaban J connectivity index is 1.50. The first-order valence-electron chi connectivity index (χ1n) is 10.0. The van der Waals surface area contributed by atoms with Gasteiger partial charge in [-0.25, -0.2) is 4.98 Å². The minimum atomic E-state index is 0.404. The van der Waals surface area contributed by atoms with Crippen molar-refractivity contribution in [3.05, 3.63) is 83.7 Å². The lowest BCUT2D eigenvalue weighted by Gasteiger charge is -2.13. The predicted octanol–water partition coefficient (Wildman–Crippen LogP) is 5.32. The average molecular weight is 402 g/mol. The van der Waals surface area contributed by atoms with Crippen molar-refractivity contribution >= 4 is 11.0 Å². The molecular formula is C25H26N2O3. The summed E-state index contributed by atoms with van der Waals surface area (Å²) in [4.78, 5) is 4.79. The summed E-state index contributed by atoms with van der Waals surface area (Å²) in [5.74, 6) is 3.40. The zero-order valence-electron chi connectivity index (χ0n) is 17.6. The van der Waals surface area contributed by atoms with E-state index in [9.17, 15) is 0 Å². The Labute approximate surface area is 176 Å². The summed E-state index contributed by atoms with van der Waals surface area (Å²) in [5.41, 5.74) is 4.33. The summed E-state index contributed by atoms with van der Waals surface area (Å²) >= 11 is 0. The maximum Gasteiger partial charge on any atom is 0.148 e. The predicted molar refractivity (Wildman–Crippen MR) is 118 cm³/mol. The number of nitrogens with zero attached hydrogens (tertiary/aromatic N) is 2. The summed E-state index contributed by atoms with van der Waals surface area (Å²) in [7, 11) is 1.65. The van der Waals surface area contributed by atoms with Gasteiger partial charge in [0.15, 0.2) is 0 Å². The summed E-state index contributed by atoms with van der Waals surface area (Å²) < 4.78 is 19.4. The molecule has 30 heavy (non-hydrogen) atoms. The highest BCUT2D eigenvalue weighted by Crippen LogP contribution is 2.23. The third-order valence-corrected chi connectivity index (χ3v) is 5.08. The Kier molecular flexibility index (Phi) is 5.89. The van der Waals surface area contributed by atoms with Gasteiger partial charge in [-0.3, -0.25) is 0 Å². The molecule has 0 spiro atoms. The largest absolute Gasteiger partial charge is 0.497 e. The molecule has 0 radical (unpaired) electrons. The molecule has 0 saturated heterocycles. The van der Waals surface area contributed by atoms with Gasteiger partial charge in [-0.05, 0) is 67.4 Å². The highest BCUT2D eigenvalue weighted by molar-refractivity contribution is 5.75. The second-order valence-electron chi connectivity index (χ2n) is 7.25. The van der Waals surface area contributed by atoms with Gasteiger partial charge in [0.25, 0.3) is 0 Å². The zero-order valence-corrected chi connectivity index (χ0v) is 17.6. The van der Waals surface area contributed by atoms with Gasteiger partial charge < -0.3 is 18.8 Å². The van der Waals surface area contributed by atoms with Gasteiger partial charge in [-0.2, -0.15) is 0 Å². The van der Waals surface area contributed by atoms with E-state index in [1.54, 1.807) is 7.11 Å². The smallest absolute Gasteiger partial charge is 0.148 e. The van der Waals surface area contributed by atoms with Crippen LogP contribution in [0.15, 0.2) is 66.7 Å². The van der Waals surface area contributed by atoms with Crippen molar-refractivity contribution in [3.63, 3.8) is 0 Å². The SMILES string of the molecule is COc1ccc(OCCn2c(COc3cc(C)ccc3C)nc3ccccc32)cc1. The number of benzene rings is 3. The van der Waals surface area contributed by atoms with Gasteiger partial charge in [0, 0.05) is 0 Å². The highest BCUT2D eigenvalue weighted by atomic mass is 16.5. The number of imidazole rings is 1. The Morgan fingerprint density at radius 2 is 1.63 bits per heavy atom. The van der Waals surface area contributed by atoms with Gasteiger partial charge in [-0.15, -0.1) is 0 Å². The van der Waals surface area contributed by atoms with Crippen LogP contribution in [0.2, 0.25) is 0 Å². The maximum atomic E-state index is 6.13. The second kappa shape index (κ2) is 8.91. The normalized spacial score (nSPS) is 10.9. The van der Waals surface area contributed by atoms with Crippen LogP contribution in [0.4, 0.5) is 0 Å². The lowest BCUT2D eigenvalue weighted by Crippen LogP contribution is -2.13. The molecule has 3 aromatic carbocycles. The van der Waals surface area contributed by atoms with Crippen LogP contribution in [0.5, 0.6) is 17.2 Å². The summed E-state index contributed by atoms with van der Waals surface area (Å²) in [6, 6.07) is 22.0. The molecule has 0 aliphatic rings. The molecule has 4 aromatic rings. The number of hydrogen-bond donors (Lipinski definition) is 0. The number of hydrogen-bond acceptors (Lipinski definition) is 4. The van der Waals surface area contributed by atoms with Crippen LogP contribution in [0.3, 0.4) is 0 Å². The van der Waals surface area contributed by atoms with Crippen molar-refractivity contribution in [2.24, 2.45) is 0 Å². The van der Waals surface area contributed by atoms with E-state index < -0.39 is 0 Å². The molecule has 0 aliphatic carbocycles. The Bertz CT molecular complexity index is 1130. The molecule has 0 fully saturated rings. The molecule has 0 saturated carbocycles. The van der Waals surface area contributed by atoms with Crippen molar-refractivity contribution in [2.45, 2.75) is 27.0 Å². The van der Waals surface area contributed by atoms with Crippen LogP contribution >= 0.6 is 0 Å². The molecule has 1 heterocycles. The van der Waals surface area contributed by atoms with Crippen molar-refractivity contribution < 1.29 is 14.2 Å². The summed E-state index contributed by atoms with van der Waals surface area (Å²) in [6.07, 6.45) is 0. The Hall–Kier alpha value is -3.47. The quantitative estimate of drug-likeness (QED) is 0.400. The van der Waals surface area contributed by atoms with Crippen LogP contribution < -0.4 is 14.2 Å². The summed E-state index contributed by atoms with van der Waals surface area (Å²) in [5, 5.41) is 0. The van der Waals surface area contributed by atoms with Gasteiger partial charge >= 0.3 is 0 Å². The van der Waals surface area contributed by atoms with Crippen molar-refractivity contribution in [2.75, 3.05) is 13.7 Å². The van der Waals surface area contributed by atoms with E-state index in [0.29, 0.717) is 19.8 Å². The number of ether oxygens (including phenoxy) is 3. The minimum Gasteiger partial charge on any atom is -0.497 e. The monoisotopic (exact) mass is 402 g/mol. The molecule has 0 atom stereocenters. The first kappa shape index (κ1) is 19.8. The third-order valence-electron chi connectivity index (χ3n) is 5.08. The second-order valence-corrected chi connectivity index (χ2v) is 7.25. The van der Waals surface area contributed by atoms with E-state index >= 15 is 0 Å². The standard InChI is InChI=1S/C25H26N2O3/c1-18-8-9-19(2)24(16-18)30-17-25-26-22-6-4-5-7-23(22)27(25)14-15-29-21-12-10-20(28-3)11-13-21/h4-13,16H,14-15,17H2,1-3H3. The maximum absolute atomic E-state index is 6.13. The Morgan fingerprint density at radius 3 is 2.43 bits per heavy atom. The third kappa shape index (κ3) is 4.40. The van der Waals surface area contributed by atoms with E-state index in [2.05, 4.69) is 42.7 Å². The number of fused-ring (bicyclic) bond motifs is 1. The first-order valence-corrected chi connectivity index (χ1v) is 10.0. The molecule has 1 aromatic heterocycles. The number of aromatic nitrogens is 2. The van der Waals surface area contributed by atoms with E-state index in [0.717, 1.165) is 39.7 Å². The van der Waals surface area contributed by atoms with Crippen LogP contribution in [-0.2, 0) is 13.2 Å². The lowest BCUT2D eigenvalue weighted by atomic mass is 10.1. The molecular weight excluding hydrogens is 376 g/mol. The first-order chi connectivity index (χ1) is 14.6. The fraction of sp³-hybridized carbons (Fsp3) is 0.240. The van der Waals surface area contributed by atoms with E-state index in [1.165, 1.54) is 5.56 Å². The van der Waals surface area contributed by atoms with E-state index in [-0.39, 0.29) is 0 Å². The molecule has 5 heteroatoms. The fourth-order valence-electron chi connectivity index (χ4n) is 3.42. The molecule has 0 bridgehead atoms. The van der Waals surface area contributed by atoms with Gasteiger partial charge in [-0.1, -0.05) is 24.3 Å². The van der Waals surface area contributed by atoms with Gasteiger partial charge in [0.1, 0.15) is 36.3 Å². The van der Waals surface area contributed by atoms with Crippen LogP contribution in [-0.4, -0.2) is 23.3 Å². The van der Waals surface area contributed by atoms with Crippen molar-refractivity contribution in [3.8, 4) is 17.2 Å². The lowest BCUT2D eigenvalue weighted by molar-refractivity contribution is 0.271. The number of rotatable bonds is 8. The minimum absolute atomic E-state index is 0.404. The molecule has 0 amide bonds. The number of aryl methyl sites for hydroxylation is 2. The van der Waals surface area contributed by atoms with Crippen LogP contribution in [0, 0.1) is 13.8 Å². The van der Waals surface area contributed by atoms with Crippen LogP contribution in [0.25, 0.3) is 11.0 Å². The number of methoxy groups -OCH3 is 1.